The largest absolute Gasteiger partial charge is 0.339 e. The van der Waals surface area contributed by atoms with E-state index in [0.29, 0.717) is 23.8 Å². The first-order valence-corrected chi connectivity index (χ1v) is 8.04. The van der Waals surface area contributed by atoms with E-state index in [4.69, 9.17) is 9.05 Å². The van der Waals surface area contributed by atoms with Gasteiger partial charge in [0, 0.05) is 12.5 Å². The minimum Gasteiger partial charge on any atom is -0.339 e. The summed E-state index contributed by atoms with van der Waals surface area (Å²) in [5.74, 6) is 1.21. The third kappa shape index (κ3) is 4.23. The Kier molecular flexibility index (Phi) is 5.08. The lowest BCUT2D eigenvalue weighted by molar-refractivity contribution is 0.248. The molecule has 3 aromatic rings. The van der Waals surface area contributed by atoms with E-state index in [1.54, 1.807) is 13.0 Å². The van der Waals surface area contributed by atoms with Gasteiger partial charge in [0.15, 0.2) is 5.82 Å². The van der Waals surface area contributed by atoms with Gasteiger partial charge in [0.25, 0.3) is 0 Å². The summed E-state index contributed by atoms with van der Waals surface area (Å²) < 4.78 is 10.2. The summed E-state index contributed by atoms with van der Waals surface area (Å²) in [5, 5.41) is 13.2. The number of hydrogen-bond donors (Lipinski definition) is 2. The zero-order valence-electron chi connectivity index (χ0n) is 14.0. The molecule has 0 aliphatic carbocycles. The first-order valence-electron chi connectivity index (χ1n) is 8.04. The number of carbonyl (C=O) groups excluding carboxylic acids is 1. The fourth-order valence-corrected chi connectivity index (χ4v) is 2.34. The van der Waals surface area contributed by atoms with Crippen molar-refractivity contribution in [3.63, 3.8) is 0 Å². The summed E-state index contributed by atoms with van der Waals surface area (Å²) >= 11 is 0. The average molecular weight is 341 g/mol. The van der Waals surface area contributed by atoms with Crippen LogP contribution in [0.5, 0.6) is 0 Å². The van der Waals surface area contributed by atoms with Crippen LogP contribution in [0.25, 0.3) is 0 Å². The Labute approximate surface area is 144 Å². The number of urea groups is 1. The van der Waals surface area contributed by atoms with Crippen molar-refractivity contribution in [2.75, 3.05) is 5.32 Å². The molecule has 0 saturated carbocycles. The normalized spacial score (nSPS) is 11.9. The summed E-state index contributed by atoms with van der Waals surface area (Å²) in [5.41, 5.74) is 1.52. The van der Waals surface area contributed by atoms with E-state index >= 15 is 0 Å². The van der Waals surface area contributed by atoms with Crippen molar-refractivity contribution in [1.82, 2.24) is 20.6 Å². The van der Waals surface area contributed by atoms with Crippen LogP contribution in [0.15, 0.2) is 45.4 Å². The predicted molar refractivity (Wildman–Crippen MR) is 90.0 cm³/mol. The molecule has 0 bridgehead atoms. The molecule has 1 aromatic carbocycles. The zero-order valence-corrected chi connectivity index (χ0v) is 14.0. The van der Waals surface area contributed by atoms with Gasteiger partial charge in [-0.1, -0.05) is 47.6 Å². The number of amides is 2. The summed E-state index contributed by atoms with van der Waals surface area (Å²) in [6, 6.07) is 10.1. The molecule has 0 saturated heterocycles. The van der Waals surface area contributed by atoms with Gasteiger partial charge in [-0.05, 0) is 18.9 Å². The topological polar surface area (TPSA) is 106 Å². The maximum atomic E-state index is 12.3. The molecule has 3 rings (SSSR count). The molecule has 0 fully saturated rings. The molecule has 2 aromatic heterocycles. The van der Waals surface area contributed by atoms with Crippen molar-refractivity contribution in [3.8, 4) is 0 Å². The third-order valence-electron chi connectivity index (χ3n) is 3.48. The van der Waals surface area contributed by atoms with E-state index in [-0.39, 0.29) is 5.88 Å². The molecule has 0 unspecified atom stereocenters. The van der Waals surface area contributed by atoms with Crippen molar-refractivity contribution in [1.29, 1.82) is 0 Å². The standard InChI is InChI=1S/C17H19N5O3/c1-3-7-13-18-16(22-24-13)15(12-8-5-4-6-9-12)20-17(23)19-14-10-11(2)21-25-14/h4-6,8-10,15H,3,7H2,1-2H3,(H2,19,20,23)/t15-/m0/s1. The fourth-order valence-electron chi connectivity index (χ4n) is 2.34. The van der Waals surface area contributed by atoms with Crippen LogP contribution >= 0.6 is 0 Å². The Balaban J connectivity index is 1.79. The lowest BCUT2D eigenvalue weighted by atomic mass is 10.1. The van der Waals surface area contributed by atoms with Crippen molar-refractivity contribution >= 4 is 11.9 Å². The van der Waals surface area contributed by atoms with Gasteiger partial charge in [0.1, 0.15) is 6.04 Å². The van der Waals surface area contributed by atoms with E-state index in [1.807, 2.05) is 37.3 Å². The highest BCUT2D eigenvalue weighted by atomic mass is 16.5. The molecule has 2 N–H and O–H groups in total. The summed E-state index contributed by atoms with van der Waals surface area (Å²) in [6.45, 7) is 3.80. The second kappa shape index (κ2) is 7.61. The van der Waals surface area contributed by atoms with Gasteiger partial charge in [0.2, 0.25) is 11.8 Å². The lowest BCUT2D eigenvalue weighted by Crippen LogP contribution is -2.33. The monoisotopic (exact) mass is 341 g/mol. The number of hydrogen-bond acceptors (Lipinski definition) is 6. The molecule has 0 radical (unpaired) electrons. The number of nitrogens with zero attached hydrogens (tertiary/aromatic N) is 3. The van der Waals surface area contributed by atoms with Crippen LogP contribution in [-0.4, -0.2) is 21.3 Å². The molecule has 0 aliphatic rings. The Morgan fingerprint density at radius 1 is 1.20 bits per heavy atom. The van der Waals surface area contributed by atoms with Gasteiger partial charge in [-0.25, -0.2) is 4.79 Å². The van der Waals surface area contributed by atoms with Crippen molar-refractivity contribution in [2.24, 2.45) is 0 Å². The van der Waals surface area contributed by atoms with Crippen LogP contribution in [0, 0.1) is 6.92 Å². The lowest BCUT2D eigenvalue weighted by Gasteiger charge is -2.15. The van der Waals surface area contributed by atoms with Crippen molar-refractivity contribution < 1.29 is 13.8 Å². The van der Waals surface area contributed by atoms with Crippen LogP contribution in [0.3, 0.4) is 0 Å². The number of anilines is 1. The van der Waals surface area contributed by atoms with E-state index in [2.05, 4.69) is 25.9 Å². The quantitative estimate of drug-likeness (QED) is 0.713. The van der Waals surface area contributed by atoms with Gasteiger partial charge in [-0.15, -0.1) is 0 Å². The Hall–Kier alpha value is -3.16. The number of aromatic nitrogens is 3. The molecule has 2 heterocycles. The average Bonchev–Trinajstić information content (AvgIpc) is 3.23. The molecule has 25 heavy (non-hydrogen) atoms. The molecule has 0 spiro atoms. The number of nitrogens with one attached hydrogen (secondary N) is 2. The van der Waals surface area contributed by atoms with Gasteiger partial charge < -0.3 is 14.4 Å². The number of rotatable bonds is 6. The van der Waals surface area contributed by atoms with E-state index in [0.717, 1.165) is 12.0 Å². The molecule has 2 amide bonds. The Morgan fingerprint density at radius 3 is 2.68 bits per heavy atom. The second-order valence-electron chi connectivity index (χ2n) is 5.57. The molecule has 8 heteroatoms. The van der Waals surface area contributed by atoms with E-state index in [9.17, 15) is 4.79 Å². The van der Waals surface area contributed by atoms with Gasteiger partial charge in [-0.2, -0.15) is 4.98 Å². The van der Waals surface area contributed by atoms with Crippen molar-refractivity contribution in [3.05, 3.63) is 59.4 Å². The minimum absolute atomic E-state index is 0.265. The van der Waals surface area contributed by atoms with Gasteiger partial charge in [-0.3, -0.25) is 5.32 Å². The SMILES string of the molecule is CCCc1nc([C@@H](NC(=O)Nc2cc(C)no2)c2ccccc2)no1. The maximum Gasteiger partial charge on any atom is 0.322 e. The first-order chi connectivity index (χ1) is 12.2. The van der Waals surface area contributed by atoms with Crippen LogP contribution in [-0.2, 0) is 6.42 Å². The number of aryl methyl sites for hydroxylation is 2. The first kappa shape index (κ1) is 16.7. The molecular weight excluding hydrogens is 322 g/mol. The predicted octanol–water partition coefficient (Wildman–Crippen LogP) is 3.23. The zero-order chi connectivity index (χ0) is 17.6. The van der Waals surface area contributed by atoms with Crippen LogP contribution in [0.1, 0.15) is 42.4 Å². The highest BCUT2D eigenvalue weighted by Gasteiger charge is 2.23. The third-order valence-corrected chi connectivity index (χ3v) is 3.48. The molecular formula is C17H19N5O3. The fraction of sp³-hybridized carbons (Fsp3) is 0.294. The Morgan fingerprint density at radius 2 is 2.00 bits per heavy atom. The smallest absolute Gasteiger partial charge is 0.322 e. The number of carbonyl (C=O) groups is 1. The van der Waals surface area contributed by atoms with Crippen LogP contribution in [0.2, 0.25) is 0 Å². The highest BCUT2D eigenvalue weighted by Crippen LogP contribution is 2.20. The van der Waals surface area contributed by atoms with Crippen LogP contribution < -0.4 is 10.6 Å². The molecule has 8 nitrogen and oxygen atoms in total. The van der Waals surface area contributed by atoms with Gasteiger partial charge >= 0.3 is 6.03 Å². The minimum atomic E-state index is -0.542. The molecule has 0 aliphatic heterocycles. The Bertz CT molecular complexity index is 828. The summed E-state index contributed by atoms with van der Waals surface area (Å²) in [4.78, 5) is 16.7. The van der Waals surface area contributed by atoms with Crippen molar-refractivity contribution in [2.45, 2.75) is 32.7 Å². The highest BCUT2D eigenvalue weighted by molar-refractivity contribution is 5.88. The maximum absolute atomic E-state index is 12.3. The van der Waals surface area contributed by atoms with Crippen LogP contribution in [0.4, 0.5) is 10.7 Å². The molecule has 130 valence electrons. The molecule has 1 atom stereocenters. The van der Waals surface area contributed by atoms with E-state index in [1.165, 1.54) is 0 Å². The van der Waals surface area contributed by atoms with E-state index < -0.39 is 12.1 Å². The second-order valence-corrected chi connectivity index (χ2v) is 5.57. The number of benzene rings is 1. The van der Waals surface area contributed by atoms with Gasteiger partial charge in [0.05, 0.1) is 5.69 Å². The summed E-state index contributed by atoms with van der Waals surface area (Å²) in [7, 11) is 0. The summed E-state index contributed by atoms with van der Waals surface area (Å²) in [6.07, 6.45) is 1.59.